The Labute approximate surface area is 211 Å². The number of rotatable bonds is 9. The fraction of sp³-hybridized carbons (Fsp3) is 0.276. The third-order valence-corrected chi connectivity index (χ3v) is 6.17. The minimum absolute atomic E-state index is 0.0360. The first-order valence-corrected chi connectivity index (χ1v) is 12.0. The molecule has 1 aliphatic rings. The number of ether oxygens (including phenoxy) is 1. The smallest absolute Gasteiger partial charge is 0.265 e. The number of nitrogens with zero attached hydrogens (tertiary/aromatic N) is 3. The highest BCUT2D eigenvalue weighted by molar-refractivity contribution is 6.01. The molecule has 0 unspecified atom stereocenters. The van der Waals surface area contributed by atoms with Crippen LogP contribution in [0, 0.1) is 0 Å². The van der Waals surface area contributed by atoms with E-state index in [-0.39, 0.29) is 24.2 Å². The quantitative estimate of drug-likeness (QED) is 0.428. The molecular formula is C29H31N3O4. The minimum atomic E-state index is -0.180. The molecule has 7 nitrogen and oxygen atoms in total. The summed E-state index contributed by atoms with van der Waals surface area (Å²) in [6.07, 6.45) is 0. The number of ketones is 1. The van der Waals surface area contributed by atoms with Crippen molar-refractivity contribution in [1.29, 1.82) is 0 Å². The van der Waals surface area contributed by atoms with Gasteiger partial charge >= 0.3 is 0 Å². The SMILES string of the molecule is CC(=O)c1ccc2c(c1)N(Cc1ccc(C(=O)N(CCN(C)C)Cc3ccccc3)cc1)C(=O)CO2. The van der Waals surface area contributed by atoms with E-state index in [0.717, 1.165) is 17.7 Å². The van der Waals surface area contributed by atoms with E-state index in [0.29, 0.717) is 42.2 Å². The van der Waals surface area contributed by atoms with Gasteiger partial charge in [0.25, 0.3) is 11.8 Å². The first-order valence-electron chi connectivity index (χ1n) is 12.0. The van der Waals surface area contributed by atoms with Crippen molar-refractivity contribution >= 4 is 23.3 Å². The predicted octanol–water partition coefficient (Wildman–Crippen LogP) is 4.02. The van der Waals surface area contributed by atoms with Gasteiger partial charge in [0.2, 0.25) is 0 Å². The predicted molar refractivity (Wildman–Crippen MR) is 139 cm³/mol. The molecule has 0 saturated carbocycles. The first kappa shape index (κ1) is 25.1. The van der Waals surface area contributed by atoms with E-state index in [9.17, 15) is 14.4 Å². The number of fused-ring (bicyclic) bond motifs is 1. The number of carbonyl (C=O) groups is 3. The van der Waals surface area contributed by atoms with Crippen LogP contribution in [0.25, 0.3) is 0 Å². The third kappa shape index (κ3) is 5.98. The maximum Gasteiger partial charge on any atom is 0.265 e. The number of benzene rings is 3. The molecule has 0 N–H and O–H groups in total. The molecule has 186 valence electrons. The first-order chi connectivity index (χ1) is 17.3. The summed E-state index contributed by atoms with van der Waals surface area (Å²) >= 11 is 0. The Morgan fingerprint density at radius 3 is 2.25 bits per heavy atom. The number of Topliss-reactive ketones (excluding diaryl/α,β-unsaturated/α-hetero) is 1. The maximum atomic E-state index is 13.4. The molecule has 2 amide bonds. The monoisotopic (exact) mass is 485 g/mol. The molecule has 1 aliphatic heterocycles. The van der Waals surface area contributed by atoms with E-state index in [1.54, 1.807) is 23.1 Å². The van der Waals surface area contributed by atoms with Gasteiger partial charge in [0.1, 0.15) is 5.75 Å². The topological polar surface area (TPSA) is 70.2 Å². The van der Waals surface area contributed by atoms with Gasteiger partial charge in [0.05, 0.1) is 12.2 Å². The molecule has 0 aromatic heterocycles. The number of anilines is 1. The van der Waals surface area contributed by atoms with Crippen LogP contribution in [0.4, 0.5) is 5.69 Å². The normalized spacial score (nSPS) is 12.8. The second kappa shape index (κ2) is 11.2. The molecular weight excluding hydrogens is 454 g/mol. The lowest BCUT2D eigenvalue weighted by atomic mass is 10.1. The van der Waals surface area contributed by atoms with E-state index in [2.05, 4.69) is 4.90 Å². The average molecular weight is 486 g/mol. The molecule has 7 heteroatoms. The zero-order valence-corrected chi connectivity index (χ0v) is 20.9. The maximum absolute atomic E-state index is 13.4. The summed E-state index contributed by atoms with van der Waals surface area (Å²) in [6.45, 7) is 3.67. The molecule has 0 atom stereocenters. The van der Waals surface area contributed by atoms with Crippen LogP contribution in [0.1, 0.15) is 38.8 Å². The highest BCUT2D eigenvalue weighted by atomic mass is 16.5. The van der Waals surface area contributed by atoms with Crippen molar-refractivity contribution in [3.05, 3.63) is 95.1 Å². The largest absolute Gasteiger partial charge is 0.482 e. The highest BCUT2D eigenvalue weighted by Gasteiger charge is 2.26. The van der Waals surface area contributed by atoms with Crippen molar-refractivity contribution in [3.63, 3.8) is 0 Å². The van der Waals surface area contributed by atoms with Crippen LogP contribution in [0.3, 0.4) is 0 Å². The summed E-state index contributed by atoms with van der Waals surface area (Å²) in [6, 6.07) is 22.4. The third-order valence-electron chi connectivity index (χ3n) is 6.17. The van der Waals surface area contributed by atoms with Crippen molar-refractivity contribution in [3.8, 4) is 5.75 Å². The van der Waals surface area contributed by atoms with E-state index in [1.807, 2.05) is 73.6 Å². The van der Waals surface area contributed by atoms with Crippen LogP contribution in [-0.4, -0.2) is 61.2 Å². The van der Waals surface area contributed by atoms with Crippen LogP contribution in [0.2, 0.25) is 0 Å². The Bertz CT molecular complexity index is 1240. The van der Waals surface area contributed by atoms with Crippen LogP contribution < -0.4 is 9.64 Å². The molecule has 0 radical (unpaired) electrons. The fourth-order valence-electron chi connectivity index (χ4n) is 4.09. The summed E-state index contributed by atoms with van der Waals surface area (Å²) in [5, 5.41) is 0. The molecule has 0 fully saturated rings. The summed E-state index contributed by atoms with van der Waals surface area (Å²) in [5.74, 6) is 0.282. The van der Waals surface area contributed by atoms with Gasteiger partial charge in [0, 0.05) is 30.8 Å². The Morgan fingerprint density at radius 2 is 1.58 bits per heavy atom. The van der Waals surface area contributed by atoms with Crippen molar-refractivity contribution in [2.45, 2.75) is 20.0 Å². The fourth-order valence-corrected chi connectivity index (χ4v) is 4.09. The Kier molecular flexibility index (Phi) is 7.80. The molecule has 0 bridgehead atoms. The van der Waals surface area contributed by atoms with Crippen molar-refractivity contribution in [1.82, 2.24) is 9.80 Å². The van der Waals surface area contributed by atoms with E-state index in [4.69, 9.17) is 4.74 Å². The molecule has 4 rings (SSSR count). The average Bonchev–Trinajstić information content (AvgIpc) is 2.88. The second-order valence-electron chi connectivity index (χ2n) is 9.22. The van der Waals surface area contributed by atoms with Crippen molar-refractivity contribution in [2.24, 2.45) is 0 Å². The second-order valence-corrected chi connectivity index (χ2v) is 9.22. The van der Waals surface area contributed by atoms with Crippen molar-refractivity contribution in [2.75, 3.05) is 38.7 Å². The van der Waals surface area contributed by atoms with E-state index >= 15 is 0 Å². The van der Waals surface area contributed by atoms with E-state index in [1.165, 1.54) is 6.92 Å². The summed E-state index contributed by atoms with van der Waals surface area (Å²) in [7, 11) is 3.98. The van der Waals surface area contributed by atoms with Gasteiger partial charge in [-0.25, -0.2) is 0 Å². The molecule has 36 heavy (non-hydrogen) atoms. The lowest BCUT2D eigenvalue weighted by Crippen LogP contribution is -2.38. The molecule has 0 spiro atoms. The van der Waals surface area contributed by atoms with E-state index < -0.39 is 0 Å². The van der Waals surface area contributed by atoms with Gasteiger partial charge in [-0.05, 0) is 62.5 Å². The Balaban J connectivity index is 1.52. The van der Waals surface area contributed by atoms with Gasteiger partial charge in [-0.1, -0.05) is 42.5 Å². The Hall–Kier alpha value is -3.97. The number of likely N-dealkylation sites (N-methyl/N-ethyl adjacent to an activating group) is 1. The zero-order valence-electron chi connectivity index (χ0n) is 20.9. The van der Waals surface area contributed by atoms with Gasteiger partial charge in [0.15, 0.2) is 12.4 Å². The molecule has 3 aromatic carbocycles. The standard InChI is InChI=1S/C29H31N3O4/c1-21(33)25-13-14-27-26(17-25)32(28(34)20-36-27)19-23-9-11-24(12-10-23)29(35)31(16-15-30(2)3)18-22-7-5-4-6-8-22/h4-14,17H,15-16,18-20H2,1-3H3. The highest BCUT2D eigenvalue weighted by Crippen LogP contribution is 2.34. The van der Waals surface area contributed by atoms with Crippen LogP contribution >= 0.6 is 0 Å². The van der Waals surface area contributed by atoms with Crippen LogP contribution in [0.15, 0.2) is 72.8 Å². The molecule has 0 aliphatic carbocycles. The number of hydrogen-bond donors (Lipinski definition) is 0. The minimum Gasteiger partial charge on any atom is -0.482 e. The molecule has 3 aromatic rings. The molecule has 1 heterocycles. The number of carbonyl (C=O) groups excluding carboxylic acids is 3. The summed E-state index contributed by atoms with van der Waals surface area (Å²) in [4.78, 5) is 43.4. The summed E-state index contributed by atoms with van der Waals surface area (Å²) < 4.78 is 5.55. The van der Waals surface area contributed by atoms with Gasteiger partial charge in [-0.3, -0.25) is 14.4 Å². The lowest BCUT2D eigenvalue weighted by molar-refractivity contribution is -0.121. The summed E-state index contributed by atoms with van der Waals surface area (Å²) in [5.41, 5.74) is 3.66. The van der Waals surface area contributed by atoms with Crippen LogP contribution in [0.5, 0.6) is 5.75 Å². The van der Waals surface area contributed by atoms with Gasteiger partial charge in [-0.15, -0.1) is 0 Å². The van der Waals surface area contributed by atoms with Gasteiger partial charge in [-0.2, -0.15) is 0 Å². The lowest BCUT2D eigenvalue weighted by Gasteiger charge is -2.30. The number of amides is 2. The Morgan fingerprint density at radius 1 is 0.889 bits per heavy atom. The van der Waals surface area contributed by atoms with Crippen LogP contribution in [-0.2, 0) is 17.9 Å². The number of hydrogen-bond acceptors (Lipinski definition) is 5. The van der Waals surface area contributed by atoms with Crippen molar-refractivity contribution < 1.29 is 19.1 Å². The zero-order chi connectivity index (χ0) is 25.7. The van der Waals surface area contributed by atoms with Gasteiger partial charge < -0.3 is 19.4 Å². The molecule has 0 saturated heterocycles.